The average Bonchev–Trinajstić information content (AvgIpc) is 3.29. The molecule has 0 aromatic rings. The molecule has 0 radical (unpaired) electrons. The highest BCUT2D eigenvalue weighted by atomic mass is 16.6. The van der Waals surface area contributed by atoms with E-state index in [-0.39, 0.29) is 31.1 Å². The third-order valence-electron chi connectivity index (χ3n) is 11.7. The fraction of sp³-hybridized carbons (Fsp3) is 0.776. The van der Waals surface area contributed by atoms with Crippen LogP contribution in [0.1, 0.15) is 271 Å². The maximum Gasteiger partial charge on any atom is 0.306 e. The van der Waals surface area contributed by atoms with Crippen molar-refractivity contribution in [1.82, 2.24) is 0 Å². The molecule has 0 bridgehead atoms. The summed E-state index contributed by atoms with van der Waals surface area (Å²) in [6, 6.07) is 0. The minimum Gasteiger partial charge on any atom is -0.462 e. The van der Waals surface area contributed by atoms with Crippen LogP contribution in [-0.2, 0) is 28.6 Å². The van der Waals surface area contributed by atoms with E-state index in [1.54, 1.807) is 0 Å². The molecule has 1 unspecified atom stereocenters. The van der Waals surface area contributed by atoms with Crippen molar-refractivity contribution in [2.24, 2.45) is 0 Å². The Labute approximate surface area is 396 Å². The SMILES string of the molecule is CC/C=C\C/C=C\C/C=C\CCCCCCCC(=O)OC(COC(=O)CCCCCCC/C=C\CCCCCC)COC(=O)CCCCCCCCC/C=C\CCCCCCCCC. The molecule has 0 aliphatic rings. The first-order chi connectivity index (χ1) is 31.5. The Morgan fingerprint density at radius 1 is 0.328 bits per heavy atom. The van der Waals surface area contributed by atoms with Crippen molar-refractivity contribution in [2.75, 3.05) is 13.2 Å². The van der Waals surface area contributed by atoms with Crippen molar-refractivity contribution in [2.45, 2.75) is 277 Å². The fourth-order valence-electron chi connectivity index (χ4n) is 7.62. The van der Waals surface area contributed by atoms with Crippen molar-refractivity contribution < 1.29 is 28.6 Å². The number of hydrogen-bond acceptors (Lipinski definition) is 6. The molecule has 0 fully saturated rings. The van der Waals surface area contributed by atoms with E-state index in [2.05, 4.69) is 81.5 Å². The first-order valence-electron chi connectivity index (χ1n) is 27.3. The van der Waals surface area contributed by atoms with Crippen LogP contribution in [-0.4, -0.2) is 37.2 Å². The molecule has 6 nitrogen and oxygen atoms in total. The normalized spacial score (nSPS) is 12.5. The number of hydrogen-bond donors (Lipinski definition) is 0. The number of ether oxygens (including phenoxy) is 3. The molecule has 0 saturated carbocycles. The Morgan fingerprint density at radius 3 is 0.984 bits per heavy atom. The highest BCUT2D eigenvalue weighted by Crippen LogP contribution is 2.15. The zero-order valence-electron chi connectivity index (χ0n) is 42.3. The number of allylic oxidation sites excluding steroid dienone is 10. The van der Waals surface area contributed by atoms with Crippen LogP contribution >= 0.6 is 0 Å². The summed E-state index contributed by atoms with van der Waals surface area (Å²) in [6.45, 7) is 6.50. The lowest BCUT2D eigenvalue weighted by atomic mass is 10.1. The number of unbranched alkanes of at least 4 members (excludes halogenated alkanes) is 28. The molecule has 0 aliphatic carbocycles. The molecule has 0 aliphatic heterocycles. The van der Waals surface area contributed by atoms with Gasteiger partial charge in [0, 0.05) is 19.3 Å². The topological polar surface area (TPSA) is 78.9 Å². The van der Waals surface area contributed by atoms with Gasteiger partial charge in [-0.05, 0) is 103 Å². The van der Waals surface area contributed by atoms with Gasteiger partial charge in [0.05, 0.1) is 0 Å². The highest BCUT2D eigenvalue weighted by molar-refractivity contribution is 5.71. The quantitative estimate of drug-likeness (QED) is 0.0262. The van der Waals surface area contributed by atoms with E-state index in [0.717, 1.165) is 103 Å². The predicted molar refractivity (Wildman–Crippen MR) is 275 cm³/mol. The van der Waals surface area contributed by atoms with Crippen LogP contribution in [0.2, 0.25) is 0 Å². The van der Waals surface area contributed by atoms with Crippen LogP contribution in [0.5, 0.6) is 0 Å². The predicted octanol–water partition coefficient (Wildman–Crippen LogP) is 18.0. The second-order valence-corrected chi connectivity index (χ2v) is 18.1. The lowest BCUT2D eigenvalue weighted by molar-refractivity contribution is -0.167. The summed E-state index contributed by atoms with van der Waals surface area (Å²) in [4.78, 5) is 38.0. The number of carbonyl (C=O) groups excluding carboxylic acids is 3. The standard InChI is InChI=1S/C58H102O6/c1-4-7-10-13-16-19-22-25-27-28-29-31-33-36-39-42-45-48-51-57(60)63-54-55(53-62-56(59)50-47-44-41-38-35-32-24-21-18-15-12-9-6-3)64-58(61)52-49-46-43-40-37-34-30-26-23-20-17-14-11-8-5-2/h8,11,17,20-21,24,26-28,30,55H,4-7,9-10,12-16,18-19,22-23,25,29,31-54H2,1-3H3/b11-8-,20-17-,24-21-,28-27-,30-26-. The summed E-state index contributed by atoms with van der Waals surface area (Å²) < 4.78 is 16.8. The van der Waals surface area contributed by atoms with Crippen LogP contribution in [0.4, 0.5) is 0 Å². The van der Waals surface area contributed by atoms with Gasteiger partial charge in [0.2, 0.25) is 0 Å². The molecule has 64 heavy (non-hydrogen) atoms. The molecule has 6 heteroatoms. The summed E-state index contributed by atoms with van der Waals surface area (Å²) in [7, 11) is 0. The van der Waals surface area contributed by atoms with Crippen molar-refractivity contribution in [3.05, 3.63) is 60.8 Å². The molecule has 0 aromatic carbocycles. The van der Waals surface area contributed by atoms with E-state index in [1.165, 1.54) is 128 Å². The number of rotatable bonds is 49. The lowest BCUT2D eigenvalue weighted by Gasteiger charge is -2.18. The Balaban J connectivity index is 4.39. The number of carbonyl (C=O) groups is 3. The van der Waals surface area contributed by atoms with E-state index in [4.69, 9.17) is 14.2 Å². The molecule has 0 rings (SSSR count). The van der Waals surface area contributed by atoms with Crippen LogP contribution in [0.3, 0.4) is 0 Å². The Bertz CT molecular complexity index is 1170. The van der Waals surface area contributed by atoms with Gasteiger partial charge < -0.3 is 14.2 Å². The van der Waals surface area contributed by atoms with Gasteiger partial charge in [-0.3, -0.25) is 14.4 Å². The van der Waals surface area contributed by atoms with Gasteiger partial charge in [0.25, 0.3) is 0 Å². The van der Waals surface area contributed by atoms with Gasteiger partial charge in [-0.25, -0.2) is 0 Å². The second-order valence-electron chi connectivity index (χ2n) is 18.1. The van der Waals surface area contributed by atoms with Crippen molar-refractivity contribution in [1.29, 1.82) is 0 Å². The van der Waals surface area contributed by atoms with E-state index < -0.39 is 6.10 Å². The Hall–Kier alpha value is -2.89. The summed E-state index contributed by atoms with van der Waals surface area (Å²) in [5.41, 5.74) is 0. The van der Waals surface area contributed by atoms with Crippen molar-refractivity contribution in [3.63, 3.8) is 0 Å². The summed E-state index contributed by atoms with van der Waals surface area (Å²) in [5, 5.41) is 0. The summed E-state index contributed by atoms with van der Waals surface area (Å²) >= 11 is 0. The molecule has 0 saturated heterocycles. The monoisotopic (exact) mass is 895 g/mol. The minimum absolute atomic E-state index is 0.0856. The molecule has 0 N–H and O–H groups in total. The molecule has 0 heterocycles. The molecule has 0 aromatic heterocycles. The Morgan fingerprint density at radius 2 is 0.609 bits per heavy atom. The van der Waals surface area contributed by atoms with Crippen molar-refractivity contribution >= 4 is 17.9 Å². The molecular weight excluding hydrogens is 793 g/mol. The summed E-state index contributed by atoms with van der Waals surface area (Å²) in [5.74, 6) is -0.909. The molecule has 0 spiro atoms. The van der Waals surface area contributed by atoms with Gasteiger partial charge in [0.1, 0.15) is 13.2 Å². The van der Waals surface area contributed by atoms with Crippen LogP contribution in [0, 0.1) is 0 Å². The van der Waals surface area contributed by atoms with E-state index in [1.807, 2.05) is 0 Å². The van der Waals surface area contributed by atoms with Crippen LogP contribution < -0.4 is 0 Å². The summed E-state index contributed by atoms with van der Waals surface area (Å²) in [6.07, 6.45) is 64.9. The van der Waals surface area contributed by atoms with Gasteiger partial charge in [-0.15, -0.1) is 0 Å². The minimum atomic E-state index is -0.787. The first-order valence-corrected chi connectivity index (χ1v) is 27.3. The zero-order valence-corrected chi connectivity index (χ0v) is 42.3. The molecular formula is C58H102O6. The van der Waals surface area contributed by atoms with Gasteiger partial charge in [-0.1, -0.05) is 210 Å². The average molecular weight is 895 g/mol. The Kier molecular flexibility index (Phi) is 50.4. The van der Waals surface area contributed by atoms with Gasteiger partial charge >= 0.3 is 17.9 Å². The maximum absolute atomic E-state index is 12.8. The van der Waals surface area contributed by atoms with Crippen LogP contribution in [0.25, 0.3) is 0 Å². The zero-order chi connectivity index (χ0) is 46.5. The largest absolute Gasteiger partial charge is 0.462 e. The second kappa shape index (κ2) is 52.7. The van der Waals surface area contributed by atoms with Gasteiger partial charge in [-0.2, -0.15) is 0 Å². The van der Waals surface area contributed by atoms with E-state index >= 15 is 0 Å². The smallest absolute Gasteiger partial charge is 0.306 e. The fourth-order valence-corrected chi connectivity index (χ4v) is 7.62. The lowest BCUT2D eigenvalue weighted by Crippen LogP contribution is -2.30. The van der Waals surface area contributed by atoms with Crippen molar-refractivity contribution in [3.8, 4) is 0 Å². The van der Waals surface area contributed by atoms with Gasteiger partial charge in [0.15, 0.2) is 6.10 Å². The number of esters is 3. The molecule has 1 atom stereocenters. The van der Waals surface area contributed by atoms with E-state index in [9.17, 15) is 14.4 Å². The van der Waals surface area contributed by atoms with Crippen LogP contribution in [0.15, 0.2) is 60.8 Å². The molecule has 370 valence electrons. The first kappa shape index (κ1) is 61.1. The third kappa shape index (κ3) is 50.1. The maximum atomic E-state index is 12.8. The highest BCUT2D eigenvalue weighted by Gasteiger charge is 2.19. The van der Waals surface area contributed by atoms with E-state index in [0.29, 0.717) is 19.3 Å². The third-order valence-corrected chi connectivity index (χ3v) is 11.7. The molecule has 0 amide bonds.